The summed E-state index contributed by atoms with van der Waals surface area (Å²) in [6.07, 6.45) is 0.317. The minimum Gasteiger partial charge on any atom is -0.396 e. The zero-order valence-corrected chi connectivity index (χ0v) is 8.56. The van der Waals surface area contributed by atoms with E-state index in [1.165, 1.54) is 0 Å². The molecule has 0 bridgehead atoms. The lowest BCUT2D eigenvalue weighted by Crippen LogP contribution is -2.45. The van der Waals surface area contributed by atoms with Crippen LogP contribution in [0.4, 0.5) is 0 Å². The molecule has 0 saturated carbocycles. The summed E-state index contributed by atoms with van der Waals surface area (Å²) in [6, 6.07) is 2.19. The van der Waals surface area contributed by atoms with Crippen molar-refractivity contribution in [2.45, 2.75) is 19.4 Å². The van der Waals surface area contributed by atoms with Gasteiger partial charge in [0.15, 0.2) is 0 Å². The second kappa shape index (κ2) is 5.30. The van der Waals surface area contributed by atoms with Crippen LogP contribution in [0.15, 0.2) is 0 Å². The van der Waals surface area contributed by atoms with Gasteiger partial charge < -0.3 is 15.1 Å². The molecule has 1 fully saturated rings. The first-order valence-corrected chi connectivity index (χ1v) is 5.08. The van der Waals surface area contributed by atoms with Gasteiger partial charge in [-0.25, -0.2) is 0 Å². The standard InChI is InChI=1S/C10H18N2O2/c1-8(4-11)5-12-3-2-10(14)9(6-12)7-13/h8-10,13-14H,2-3,5-7H2,1H3. The Balaban J connectivity index is 2.39. The van der Waals surface area contributed by atoms with Crippen LogP contribution in [0.25, 0.3) is 0 Å². The maximum absolute atomic E-state index is 9.53. The van der Waals surface area contributed by atoms with E-state index in [0.29, 0.717) is 13.0 Å². The highest BCUT2D eigenvalue weighted by molar-refractivity contribution is 4.85. The summed E-state index contributed by atoms with van der Waals surface area (Å²) in [6.45, 7) is 4.17. The van der Waals surface area contributed by atoms with Crippen LogP contribution in [0.3, 0.4) is 0 Å². The molecule has 0 radical (unpaired) electrons. The number of aliphatic hydroxyl groups excluding tert-OH is 2. The Morgan fingerprint density at radius 2 is 2.36 bits per heavy atom. The van der Waals surface area contributed by atoms with E-state index in [0.717, 1.165) is 13.1 Å². The maximum atomic E-state index is 9.53. The lowest BCUT2D eigenvalue weighted by Gasteiger charge is -2.35. The highest BCUT2D eigenvalue weighted by Crippen LogP contribution is 2.17. The molecule has 0 spiro atoms. The van der Waals surface area contributed by atoms with E-state index >= 15 is 0 Å². The Hall–Kier alpha value is -0.630. The highest BCUT2D eigenvalue weighted by Gasteiger charge is 2.27. The van der Waals surface area contributed by atoms with Crippen molar-refractivity contribution in [2.75, 3.05) is 26.2 Å². The van der Waals surface area contributed by atoms with Crippen LogP contribution in [0, 0.1) is 23.2 Å². The summed E-state index contributed by atoms with van der Waals surface area (Å²) in [5, 5.41) is 27.2. The van der Waals surface area contributed by atoms with E-state index in [1.807, 2.05) is 6.92 Å². The molecule has 1 aliphatic rings. The van der Waals surface area contributed by atoms with Gasteiger partial charge in [0.1, 0.15) is 0 Å². The molecule has 1 saturated heterocycles. The van der Waals surface area contributed by atoms with Gasteiger partial charge in [0, 0.05) is 32.2 Å². The summed E-state index contributed by atoms with van der Waals surface area (Å²) in [4.78, 5) is 2.14. The minimum atomic E-state index is -0.381. The number of aliphatic hydroxyl groups is 2. The topological polar surface area (TPSA) is 67.5 Å². The SMILES string of the molecule is CC(C#N)CN1CCC(O)C(CO)C1. The molecule has 14 heavy (non-hydrogen) atoms. The highest BCUT2D eigenvalue weighted by atomic mass is 16.3. The average molecular weight is 198 g/mol. The van der Waals surface area contributed by atoms with E-state index in [9.17, 15) is 5.11 Å². The average Bonchev–Trinajstić information content (AvgIpc) is 2.20. The van der Waals surface area contributed by atoms with Crippen molar-refractivity contribution in [3.05, 3.63) is 0 Å². The van der Waals surface area contributed by atoms with Gasteiger partial charge in [0.05, 0.1) is 18.1 Å². The third-order valence-electron chi connectivity index (χ3n) is 2.76. The monoisotopic (exact) mass is 198 g/mol. The van der Waals surface area contributed by atoms with Gasteiger partial charge in [0.25, 0.3) is 0 Å². The molecule has 0 aromatic carbocycles. The lowest BCUT2D eigenvalue weighted by atomic mass is 9.95. The fourth-order valence-electron chi connectivity index (χ4n) is 1.87. The molecule has 0 aromatic rings. The van der Waals surface area contributed by atoms with Crippen LogP contribution in [0.2, 0.25) is 0 Å². The predicted octanol–water partition coefficient (Wildman–Crippen LogP) is -0.179. The summed E-state index contributed by atoms with van der Waals surface area (Å²) >= 11 is 0. The fourth-order valence-corrected chi connectivity index (χ4v) is 1.87. The smallest absolute Gasteiger partial charge is 0.0666 e. The number of piperidine rings is 1. The summed E-state index contributed by atoms with van der Waals surface area (Å²) in [7, 11) is 0. The van der Waals surface area contributed by atoms with Crippen molar-refractivity contribution in [3.63, 3.8) is 0 Å². The molecule has 80 valence electrons. The number of likely N-dealkylation sites (tertiary alicyclic amines) is 1. The predicted molar refractivity (Wildman–Crippen MR) is 52.4 cm³/mol. The van der Waals surface area contributed by atoms with Crippen molar-refractivity contribution in [2.24, 2.45) is 11.8 Å². The maximum Gasteiger partial charge on any atom is 0.0666 e. The van der Waals surface area contributed by atoms with Crippen LogP contribution in [0.5, 0.6) is 0 Å². The molecule has 1 heterocycles. The number of nitriles is 1. The molecule has 4 heteroatoms. The second-order valence-corrected chi connectivity index (χ2v) is 4.09. The normalized spacial score (nSPS) is 31.0. The molecule has 0 aliphatic carbocycles. The number of hydrogen-bond donors (Lipinski definition) is 2. The Kier molecular flexibility index (Phi) is 4.33. The molecular formula is C10H18N2O2. The molecule has 1 aliphatic heterocycles. The zero-order valence-electron chi connectivity index (χ0n) is 8.56. The van der Waals surface area contributed by atoms with Crippen molar-refractivity contribution in [3.8, 4) is 6.07 Å². The Morgan fingerprint density at radius 1 is 1.64 bits per heavy atom. The van der Waals surface area contributed by atoms with E-state index < -0.39 is 0 Å². The first-order chi connectivity index (χ1) is 6.67. The second-order valence-electron chi connectivity index (χ2n) is 4.09. The van der Waals surface area contributed by atoms with Gasteiger partial charge in [-0.05, 0) is 13.3 Å². The van der Waals surface area contributed by atoms with Gasteiger partial charge in [-0.2, -0.15) is 5.26 Å². The van der Waals surface area contributed by atoms with E-state index in [4.69, 9.17) is 10.4 Å². The van der Waals surface area contributed by atoms with E-state index in [1.54, 1.807) is 0 Å². The van der Waals surface area contributed by atoms with E-state index in [-0.39, 0.29) is 24.5 Å². The zero-order chi connectivity index (χ0) is 10.6. The third-order valence-corrected chi connectivity index (χ3v) is 2.76. The van der Waals surface area contributed by atoms with Crippen molar-refractivity contribution >= 4 is 0 Å². The van der Waals surface area contributed by atoms with Gasteiger partial charge in [-0.15, -0.1) is 0 Å². The van der Waals surface area contributed by atoms with Crippen LogP contribution >= 0.6 is 0 Å². The van der Waals surface area contributed by atoms with Gasteiger partial charge in [-0.3, -0.25) is 0 Å². The Bertz CT molecular complexity index is 215. The van der Waals surface area contributed by atoms with Crippen molar-refractivity contribution in [1.82, 2.24) is 4.90 Å². The van der Waals surface area contributed by atoms with Crippen LogP contribution in [-0.2, 0) is 0 Å². The van der Waals surface area contributed by atoms with E-state index in [2.05, 4.69) is 11.0 Å². The lowest BCUT2D eigenvalue weighted by molar-refractivity contribution is -0.00143. The molecule has 1 rings (SSSR count). The van der Waals surface area contributed by atoms with Crippen LogP contribution < -0.4 is 0 Å². The molecule has 3 unspecified atom stereocenters. The summed E-state index contributed by atoms with van der Waals surface area (Å²) < 4.78 is 0. The Labute approximate surface area is 84.8 Å². The first kappa shape index (κ1) is 11.4. The first-order valence-electron chi connectivity index (χ1n) is 5.08. The molecule has 0 aromatic heterocycles. The molecule has 3 atom stereocenters. The molecule has 0 amide bonds. The Morgan fingerprint density at radius 3 is 2.93 bits per heavy atom. The summed E-state index contributed by atoms with van der Waals surface area (Å²) in [5.74, 6) is -0.0285. The quantitative estimate of drug-likeness (QED) is 0.660. The van der Waals surface area contributed by atoms with Crippen LogP contribution in [-0.4, -0.2) is 47.5 Å². The molecule has 4 nitrogen and oxygen atoms in total. The number of hydrogen-bond acceptors (Lipinski definition) is 4. The summed E-state index contributed by atoms with van der Waals surface area (Å²) in [5.41, 5.74) is 0. The van der Waals surface area contributed by atoms with Crippen molar-refractivity contribution < 1.29 is 10.2 Å². The minimum absolute atomic E-state index is 0.0181. The van der Waals surface area contributed by atoms with Gasteiger partial charge in [0.2, 0.25) is 0 Å². The van der Waals surface area contributed by atoms with Gasteiger partial charge in [-0.1, -0.05) is 0 Å². The fraction of sp³-hybridized carbons (Fsp3) is 0.900. The third kappa shape index (κ3) is 2.95. The van der Waals surface area contributed by atoms with Gasteiger partial charge >= 0.3 is 0 Å². The van der Waals surface area contributed by atoms with Crippen LogP contribution in [0.1, 0.15) is 13.3 Å². The number of rotatable bonds is 3. The molecular weight excluding hydrogens is 180 g/mol. The molecule has 2 N–H and O–H groups in total. The van der Waals surface area contributed by atoms with Crippen molar-refractivity contribution in [1.29, 1.82) is 5.26 Å². The number of nitrogens with zero attached hydrogens (tertiary/aromatic N) is 2. The largest absolute Gasteiger partial charge is 0.396 e.